The number of phenolic OH excluding ortho intramolecular Hbond substituents is 1. The first-order valence-corrected chi connectivity index (χ1v) is 11.7. The van der Waals surface area contributed by atoms with E-state index in [1.54, 1.807) is 30.3 Å². The van der Waals surface area contributed by atoms with E-state index in [0.717, 1.165) is 30.0 Å². The maximum atomic E-state index is 12.9. The summed E-state index contributed by atoms with van der Waals surface area (Å²) >= 11 is 12.0. The maximum absolute atomic E-state index is 12.9. The smallest absolute Gasteiger partial charge is 0.270 e. The highest BCUT2D eigenvalue weighted by atomic mass is 35.5. The van der Waals surface area contributed by atoms with Gasteiger partial charge in [0.05, 0.1) is 16.2 Å². The number of nitro groups is 1. The average molecular weight is 545 g/mol. The van der Waals surface area contributed by atoms with Crippen molar-refractivity contribution >= 4 is 46.9 Å². The number of phenols is 1. The molecular formula is C25H22Cl2N4O6. The van der Waals surface area contributed by atoms with Gasteiger partial charge in [-0.1, -0.05) is 53.5 Å². The second-order valence-electron chi connectivity index (χ2n) is 7.82. The van der Waals surface area contributed by atoms with Crippen molar-refractivity contribution in [2.24, 2.45) is 5.10 Å². The number of aromatic hydroxyl groups is 1. The third-order valence-electron chi connectivity index (χ3n) is 5.08. The molecule has 0 aliphatic carbocycles. The van der Waals surface area contributed by atoms with Gasteiger partial charge in [-0.2, -0.15) is 5.10 Å². The number of amides is 2. The number of halogens is 2. The van der Waals surface area contributed by atoms with Crippen molar-refractivity contribution in [3.8, 4) is 11.5 Å². The molecule has 12 heteroatoms. The van der Waals surface area contributed by atoms with E-state index in [4.69, 9.17) is 27.9 Å². The van der Waals surface area contributed by atoms with E-state index in [0.29, 0.717) is 5.02 Å². The highest BCUT2D eigenvalue weighted by molar-refractivity contribution is 6.35. The molecule has 0 heterocycles. The molecule has 0 radical (unpaired) electrons. The standard InChI is InChI=1S/C25H22Cl2N4O6/c1-15(37-23-10-7-18(26)13-20(23)27)24(33)29-21(11-16-5-3-2-4-6-16)25(34)30-28-14-17-12-19(31(35)36)8-9-22(17)32/h2-10,12-15,21,32H,11H2,1H3,(H,29,33)(H,30,34)/b28-14-/t15-,21-/m1/s1. The number of ether oxygens (including phenoxy) is 1. The fourth-order valence-electron chi connectivity index (χ4n) is 3.17. The van der Waals surface area contributed by atoms with Crippen LogP contribution in [0.25, 0.3) is 0 Å². The van der Waals surface area contributed by atoms with Crippen LogP contribution in [0.2, 0.25) is 10.0 Å². The number of carbonyl (C=O) groups excluding carboxylic acids is 2. The van der Waals surface area contributed by atoms with Crippen LogP contribution in [0, 0.1) is 10.1 Å². The van der Waals surface area contributed by atoms with E-state index >= 15 is 0 Å². The lowest BCUT2D eigenvalue weighted by Gasteiger charge is -2.21. The lowest BCUT2D eigenvalue weighted by molar-refractivity contribution is -0.384. The van der Waals surface area contributed by atoms with E-state index in [2.05, 4.69) is 15.8 Å². The van der Waals surface area contributed by atoms with Crippen molar-refractivity contribution in [2.45, 2.75) is 25.5 Å². The number of hydrazone groups is 1. The Balaban J connectivity index is 1.72. The first-order chi connectivity index (χ1) is 17.6. The number of carbonyl (C=O) groups is 2. The molecule has 37 heavy (non-hydrogen) atoms. The largest absolute Gasteiger partial charge is 0.507 e. The predicted octanol–water partition coefficient (Wildman–Crippen LogP) is 4.25. The van der Waals surface area contributed by atoms with Crippen LogP contribution in [-0.2, 0) is 16.0 Å². The highest BCUT2D eigenvalue weighted by Crippen LogP contribution is 2.28. The molecule has 2 amide bonds. The van der Waals surface area contributed by atoms with E-state index in [1.165, 1.54) is 19.1 Å². The summed E-state index contributed by atoms with van der Waals surface area (Å²) in [5.41, 5.74) is 2.84. The van der Waals surface area contributed by atoms with E-state index in [1.807, 2.05) is 6.07 Å². The normalized spacial score (nSPS) is 12.5. The first-order valence-electron chi connectivity index (χ1n) is 10.9. The summed E-state index contributed by atoms with van der Waals surface area (Å²) < 4.78 is 5.63. The molecule has 10 nitrogen and oxygen atoms in total. The zero-order valence-corrected chi connectivity index (χ0v) is 20.9. The molecule has 0 aliphatic heterocycles. The summed E-state index contributed by atoms with van der Waals surface area (Å²) in [5, 5.41) is 27.9. The monoisotopic (exact) mass is 544 g/mol. The Kier molecular flexibility index (Phi) is 9.42. The Hall–Kier alpha value is -4.15. The van der Waals surface area contributed by atoms with Crippen molar-refractivity contribution < 1.29 is 24.4 Å². The second kappa shape index (κ2) is 12.7. The fraction of sp³-hybridized carbons (Fsp3) is 0.160. The van der Waals surface area contributed by atoms with Crippen LogP contribution < -0.4 is 15.5 Å². The number of non-ortho nitro benzene ring substituents is 1. The van der Waals surface area contributed by atoms with Gasteiger partial charge in [-0.05, 0) is 36.8 Å². The summed E-state index contributed by atoms with van der Waals surface area (Å²) in [6, 6.07) is 15.9. The number of nitro benzene ring substituents is 1. The lowest BCUT2D eigenvalue weighted by atomic mass is 10.1. The Bertz CT molecular complexity index is 1320. The number of rotatable bonds is 10. The highest BCUT2D eigenvalue weighted by Gasteiger charge is 2.25. The summed E-state index contributed by atoms with van der Waals surface area (Å²) in [7, 11) is 0. The molecule has 0 unspecified atom stereocenters. The number of hydrogen-bond donors (Lipinski definition) is 3. The van der Waals surface area contributed by atoms with Gasteiger partial charge in [0.2, 0.25) is 0 Å². The summed E-state index contributed by atoms with van der Waals surface area (Å²) in [4.78, 5) is 36.1. The Morgan fingerprint density at radius 1 is 1.11 bits per heavy atom. The Labute approximate surface area is 222 Å². The molecule has 192 valence electrons. The van der Waals surface area contributed by atoms with E-state index < -0.39 is 28.9 Å². The SMILES string of the molecule is C[C@@H](Oc1ccc(Cl)cc1Cl)C(=O)N[C@H](Cc1ccccc1)C(=O)N/N=C\c1cc([N+](=O)[O-])ccc1O. The van der Waals surface area contributed by atoms with Crippen LogP contribution in [0.15, 0.2) is 71.8 Å². The van der Waals surface area contributed by atoms with Crippen LogP contribution in [0.5, 0.6) is 11.5 Å². The molecule has 3 aromatic rings. The lowest BCUT2D eigenvalue weighted by Crippen LogP contribution is -2.50. The van der Waals surface area contributed by atoms with Crippen molar-refractivity contribution in [1.29, 1.82) is 0 Å². The van der Waals surface area contributed by atoms with Gasteiger partial charge in [0.1, 0.15) is 17.5 Å². The van der Waals surface area contributed by atoms with Crippen LogP contribution in [0.3, 0.4) is 0 Å². The molecule has 0 saturated heterocycles. The molecule has 0 saturated carbocycles. The molecule has 2 atom stereocenters. The van der Waals surface area contributed by atoms with Crippen LogP contribution in [0.1, 0.15) is 18.1 Å². The molecule has 0 spiro atoms. The second-order valence-corrected chi connectivity index (χ2v) is 8.66. The van der Waals surface area contributed by atoms with Crippen molar-refractivity contribution in [3.63, 3.8) is 0 Å². The van der Waals surface area contributed by atoms with E-state index in [-0.39, 0.29) is 34.2 Å². The number of nitrogens with zero attached hydrogens (tertiary/aromatic N) is 2. The molecular weight excluding hydrogens is 523 g/mol. The minimum atomic E-state index is -1.04. The van der Waals surface area contributed by atoms with Gasteiger partial charge in [0.25, 0.3) is 17.5 Å². The average Bonchev–Trinajstić information content (AvgIpc) is 2.86. The fourth-order valence-corrected chi connectivity index (χ4v) is 3.62. The predicted molar refractivity (Wildman–Crippen MR) is 139 cm³/mol. The first kappa shape index (κ1) is 27.4. The molecule has 3 N–H and O–H groups in total. The van der Waals surface area contributed by atoms with Gasteiger partial charge < -0.3 is 15.2 Å². The van der Waals surface area contributed by atoms with Crippen molar-refractivity contribution in [3.05, 3.63) is 98.0 Å². The summed E-state index contributed by atoms with van der Waals surface area (Å²) in [6.07, 6.45) is 0.204. The number of benzene rings is 3. The van der Waals surface area contributed by atoms with Gasteiger partial charge in [-0.15, -0.1) is 0 Å². The third-order valence-corrected chi connectivity index (χ3v) is 5.61. The minimum Gasteiger partial charge on any atom is -0.507 e. The van der Waals surface area contributed by atoms with Gasteiger partial charge in [-0.3, -0.25) is 19.7 Å². The van der Waals surface area contributed by atoms with Gasteiger partial charge >= 0.3 is 0 Å². The third kappa shape index (κ3) is 7.92. The van der Waals surface area contributed by atoms with Crippen LogP contribution in [-0.4, -0.2) is 40.2 Å². The maximum Gasteiger partial charge on any atom is 0.270 e. The number of nitrogens with one attached hydrogen (secondary N) is 2. The zero-order valence-electron chi connectivity index (χ0n) is 19.4. The van der Waals surface area contributed by atoms with Gasteiger partial charge in [0, 0.05) is 29.1 Å². The van der Waals surface area contributed by atoms with Crippen LogP contribution in [0.4, 0.5) is 5.69 Å². The van der Waals surface area contributed by atoms with Crippen molar-refractivity contribution in [1.82, 2.24) is 10.7 Å². The topological polar surface area (TPSA) is 143 Å². The zero-order chi connectivity index (χ0) is 26.9. The van der Waals surface area contributed by atoms with Gasteiger partial charge in [-0.25, -0.2) is 5.43 Å². The van der Waals surface area contributed by atoms with Crippen LogP contribution >= 0.6 is 23.2 Å². The van der Waals surface area contributed by atoms with E-state index in [9.17, 15) is 24.8 Å². The molecule has 0 bridgehead atoms. The quantitative estimate of drug-likeness (QED) is 0.198. The van der Waals surface area contributed by atoms with Gasteiger partial charge in [0.15, 0.2) is 6.10 Å². The molecule has 3 aromatic carbocycles. The molecule has 3 rings (SSSR count). The molecule has 0 fully saturated rings. The summed E-state index contributed by atoms with van der Waals surface area (Å²) in [5.74, 6) is -1.25. The number of hydrogen-bond acceptors (Lipinski definition) is 7. The molecule has 0 aliphatic rings. The minimum absolute atomic E-state index is 0.0278. The van der Waals surface area contributed by atoms with Crippen molar-refractivity contribution in [2.75, 3.05) is 0 Å². The Morgan fingerprint density at radius 3 is 2.51 bits per heavy atom. The molecule has 0 aromatic heterocycles. The summed E-state index contributed by atoms with van der Waals surface area (Å²) in [6.45, 7) is 1.50. The Morgan fingerprint density at radius 2 is 1.84 bits per heavy atom.